The number of nitrogens with zero attached hydrogens (tertiary/aromatic N) is 1. The van der Waals surface area contributed by atoms with Crippen molar-refractivity contribution in [2.75, 3.05) is 0 Å². The highest BCUT2D eigenvalue weighted by Crippen LogP contribution is 2.20. The summed E-state index contributed by atoms with van der Waals surface area (Å²) in [5.41, 5.74) is 5.07. The number of hydrogen-bond donors (Lipinski definition) is 1. The Hall–Kier alpha value is -2.94. The van der Waals surface area contributed by atoms with E-state index in [1.54, 1.807) is 12.1 Å². The molecule has 0 saturated heterocycles. The molecule has 114 valence electrons. The molecule has 0 spiro atoms. The Morgan fingerprint density at radius 2 is 1.83 bits per heavy atom. The minimum absolute atomic E-state index is 0.274. The van der Waals surface area contributed by atoms with Crippen LogP contribution in [0.15, 0.2) is 48.5 Å². The van der Waals surface area contributed by atoms with Gasteiger partial charge in [0, 0.05) is 5.39 Å². The highest BCUT2D eigenvalue weighted by atomic mass is 16.4. The molecule has 0 fully saturated rings. The number of carboxylic acids is 1. The molecular weight excluding hydrogens is 286 g/mol. The Balaban J connectivity index is 2.08. The van der Waals surface area contributed by atoms with Crippen molar-refractivity contribution in [2.45, 2.75) is 13.8 Å². The molecule has 1 N–H and O–H groups in total. The number of aromatic carboxylic acids is 1. The predicted octanol–water partition coefficient (Wildman–Crippen LogP) is 4.72. The molecule has 1 heterocycles. The van der Waals surface area contributed by atoms with Gasteiger partial charge in [-0.2, -0.15) is 0 Å². The number of para-hydroxylation sites is 1. The van der Waals surface area contributed by atoms with Crippen LogP contribution in [-0.2, 0) is 0 Å². The molecule has 0 bridgehead atoms. The minimum Gasteiger partial charge on any atom is -0.478 e. The third kappa shape index (κ3) is 3.14. The van der Waals surface area contributed by atoms with Gasteiger partial charge in [-0.25, -0.2) is 9.78 Å². The van der Waals surface area contributed by atoms with Crippen molar-refractivity contribution in [3.63, 3.8) is 0 Å². The average molecular weight is 303 g/mol. The Bertz CT molecular complexity index is 926. The maximum atomic E-state index is 11.5. The van der Waals surface area contributed by atoms with Crippen LogP contribution in [0.2, 0.25) is 0 Å². The fourth-order valence-corrected chi connectivity index (χ4v) is 2.57. The molecule has 0 saturated carbocycles. The molecule has 3 nitrogen and oxygen atoms in total. The van der Waals surface area contributed by atoms with Crippen LogP contribution < -0.4 is 0 Å². The van der Waals surface area contributed by atoms with Gasteiger partial charge in [-0.05, 0) is 43.2 Å². The Morgan fingerprint density at radius 3 is 2.61 bits per heavy atom. The van der Waals surface area contributed by atoms with Crippen LogP contribution in [0.25, 0.3) is 23.1 Å². The number of carboxylic acid groups (broad SMARTS) is 1. The summed E-state index contributed by atoms with van der Waals surface area (Å²) in [4.78, 5) is 16.0. The van der Waals surface area contributed by atoms with E-state index in [4.69, 9.17) is 0 Å². The van der Waals surface area contributed by atoms with Gasteiger partial charge in [0.25, 0.3) is 0 Å². The van der Waals surface area contributed by atoms with Crippen molar-refractivity contribution in [2.24, 2.45) is 0 Å². The zero-order valence-corrected chi connectivity index (χ0v) is 13.1. The monoisotopic (exact) mass is 303 g/mol. The van der Waals surface area contributed by atoms with Crippen molar-refractivity contribution < 1.29 is 9.90 Å². The van der Waals surface area contributed by atoms with E-state index in [-0.39, 0.29) is 5.56 Å². The highest BCUT2D eigenvalue weighted by Gasteiger charge is 2.10. The van der Waals surface area contributed by atoms with E-state index in [2.05, 4.69) is 30.1 Å². The summed E-state index contributed by atoms with van der Waals surface area (Å²) in [6.07, 6.45) is 3.84. The van der Waals surface area contributed by atoms with E-state index in [0.29, 0.717) is 16.6 Å². The lowest BCUT2D eigenvalue weighted by Crippen LogP contribution is -2.00. The molecule has 3 heteroatoms. The van der Waals surface area contributed by atoms with Gasteiger partial charge < -0.3 is 5.11 Å². The third-order valence-electron chi connectivity index (χ3n) is 3.83. The van der Waals surface area contributed by atoms with Crippen LogP contribution in [0, 0.1) is 13.8 Å². The van der Waals surface area contributed by atoms with Gasteiger partial charge >= 0.3 is 5.97 Å². The first-order chi connectivity index (χ1) is 11.0. The quantitative estimate of drug-likeness (QED) is 0.761. The fourth-order valence-electron chi connectivity index (χ4n) is 2.57. The molecule has 3 rings (SSSR count). The molecule has 0 aliphatic rings. The molecule has 0 radical (unpaired) electrons. The van der Waals surface area contributed by atoms with E-state index < -0.39 is 5.97 Å². The maximum absolute atomic E-state index is 11.5. The van der Waals surface area contributed by atoms with Gasteiger partial charge in [0.2, 0.25) is 0 Å². The van der Waals surface area contributed by atoms with Crippen LogP contribution in [0.3, 0.4) is 0 Å². The lowest BCUT2D eigenvalue weighted by atomic mass is 10.0. The van der Waals surface area contributed by atoms with Gasteiger partial charge in [0.15, 0.2) is 0 Å². The first kappa shape index (κ1) is 15.0. The second kappa shape index (κ2) is 6.05. The van der Waals surface area contributed by atoms with E-state index in [1.165, 1.54) is 11.1 Å². The third-order valence-corrected chi connectivity index (χ3v) is 3.83. The number of hydrogen-bond acceptors (Lipinski definition) is 2. The number of carbonyl (C=O) groups is 1. The standard InChI is InChI=1S/C20H17NO2/c1-13-7-8-14(2)15(11-13)9-10-16-12-18(20(22)23)17-5-3-4-6-19(17)21-16/h3-12H,1-2H3,(H,22,23)/b10-9+. The lowest BCUT2D eigenvalue weighted by molar-refractivity contribution is 0.0699. The zero-order valence-electron chi connectivity index (χ0n) is 13.1. The van der Waals surface area contributed by atoms with Crippen molar-refractivity contribution in [1.82, 2.24) is 4.98 Å². The number of rotatable bonds is 3. The maximum Gasteiger partial charge on any atom is 0.336 e. The predicted molar refractivity (Wildman–Crippen MR) is 93.5 cm³/mol. The molecule has 0 aliphatic carbocycles. The van der Waals surface area contributed by atoms with Crippen molar-refractivity contribution >= 4 is 29.0 Å². The number of fused-ring (bicyclic) bond motifs is 1. The average Bonchev–Trinajstić information content (AvgIpc) is 2.54. The summed E-state index contributed by atoms with van der Waals surface area (Å²) >= 11 is 0. The number of aryl methyl sites for hydroxylation is 2. The van der Waals surface area contributed by atoms with Gasteiger partial charge in [-0.15, -0.1) is 0 Å². The minimum atomic E-state index is -0.940. The number of aromatic nitrogens is 1. The number of benzene rings is 2. The lowest BCUT2D eigenvalue weighted by Gasteiger charge is -2.05. The summed E-state index contributed by atoms with van der Waals surface area (Å²) in [5.74, 6) is -0.940. The first-order valence-corrected chi connectivity index (χ1v) is 7.43. The largest absolute Gasteiger partial charge is 0.478 e. The summed E-state index contributed by atoms with van der Waals surface area (Å²) in [5, 5.41) is 10.1. The van der Waals surface area contributed by atoms with Crippen LogP contribution >= 0.6 is 0 Å². The fraction of sp³-hybridized carbons (Fsp3) is 0.100. The van der Waals surface area contributed by atoms with Crippen molar-refractivity contribution in [3.05, 3.63) is 76.5 Å². The van der Waals surface area contributed by atoms with Gasteiger partial charge in [0.1, 0.15) is 0 Å². The summed E-state index contributed by atoms with van der Waals surface area (Å²) in [7, 11) is 0. The molecule has 3 aromatic rings. The van der Waals surface area contributed by atoms with Crippen LogP contribution in [0.4, 0.5) is 0 Å². The van der Waals surface area contributed by atoms with E-state index in [0.717, 1.165) is 5.56 Å². The molecule has 1 aromatic heterocycles. The van der Waals surface area contributed by atoms with Crippen LogP contribution in [0.5, 0.6) is 0 Å². The van der Waals surface area contributed by atoms with E-state index in [1.807, 2.05) is 37.3 Å². The van der Waals surface area contributed by atoms with Gasteiger partial charge in [-0.3, -0.25) is 0 Å². The second-order valence-corrected chi connectivity index (χ2v) is 5.61. The molecule has 0 unspecified atom stereocenters. The second-order valence-electron chi connectivity index (χ2n) is 5.61. The number of pyridine rings is 1. The summed E-state index contributed by atoms with van der Waals surface area (Å²) in [6.45, 7) is 4.10. The Morgan fingerprint density at radius 1 is 1.04 bits per heavy atom. The van der Waals surface area contributed by atoms with Crippen molar-refractivity contribution in [3.8, 4) is 0 Å². The summed E-state index contributed by atoms with van der Waals surface area (Å²) in [6, 6.07) is 15.2. The molecule has 23 heavy (non-hydrogen) atoms. The van der Waals surface area contributed by atoms with E-state index in [9.17, 15) is 9.90 Å². The Kier molecular flexibility index (Phi) is 3.94. The van der Waals surface area contributed by atoms with Crippen molar-refractivity contribution in [1.29, 1.82) is 0 Å². The van der Waals surface area contributed by atoms with E-state index >= 15 is 0 Å². The highest BCUT2D eigenvalue weighted by molar-refractivity contribution is 6.03. The molecular formula is C20H17NO2. The smallest absolute Gasteiger partial charge is 0.336 e. The molecule has 2 aromatic carbocycles. The van der Waals surface area contributed by atoms with Crippen LogP contribution in [-0.4, -0.2) is 16.1 Å². The normalized spacial score (nSPS) is 11.2. The zero-order chi connectivity index (χ0) is 16.4. The Labute approximate surface area is 134 Å². The van der Waals surface area contributed by atoms with Gasteiger partial charge in [0.05, 0.1) is 16.8 Å². The summed E-state index contributed by atoms with van der Waals surface area (Å²) < 4.78 is 0. The molecule has 0 atom stereocenters. The topological polar surface area (TPSA) is 50.2 Å². The SMILES string of the molecule is Cc1ccc(C)c(/C=C/c2cc(C(=O)O)c3ccccc3n2)c1. The molecule has 0 amide bonds. The van der Waals surface area contributed by atoms with Crippen LogP contribution in [0.1, 0.15) is 32.7 Å². The first-order valence-electron chi connectivity index (χ1n) is 7.43. The molecule has 0 aliphatic heterocycles. The van der Waals surface area contributed by atoms with Gasteiger partial charge in [-0.1, -0.05) is 48.0 Å².